The standard InChI is InChI=1S/C13H18F3NO/c1-2-18-11-7-5-10(6-8-11)12(17)4-3-9-13(14,15)16/h5-8,12H,2-4,9,17H2,1H3. The Morgan fingerprint density at radius 1 is 1.22 bits per heavy atom. The van der Waals surface area contributed by atoms with Crippen molar-refractivity contribution in [3.05, 3.63) is 29.8 Å². The Labute approximate surface area is 105 Å². The lowest BCUT2D eigenvalue weighted by molar-refractivity contribution is -0.135. The Kier molecular flexibility index (Phi) is 5.47. The van der Waals surface area contributed by atoms with Crippen molar-refractivity contribution < 1.29 is 17.9 Å². The van der Waals surface area contributed by atoms with Gasteiger partial charge in [-0.1, -0.05) is 12.1 Å². The van der Waals surface area contributed by atoms with Gasteiger partial charge in [-0.15, -0.1) is 0 Å². The number of benzene rings is 1. The minimum Gasteiger partial charge on any atom is -0.494 e. The van der Waals surface area contributed by atoms with Crippen LogP contribution in [0.15, 0.2) is 24.3 Å². The van der Waals surface area contributed by atoms with Crippen LogP contribution in [0.5, 0.6) is 5.75 Å². The highest BCUT2D eigenvalue weighted by Crippen LogP contribution is 2.26. The third-order valence-electron chi connectivity index (χ3n) is 2.59. The number of alkyl halides is 3. The molecule has 2 nitrogen and oxygen atoms in total. The molecule has 0 bridgehead atoms. The smallest absolute Gasteiger partial charge is 0.389 e. The highest BCUT2D eigenvalue weighted by Gasteiger charge is 2.26. The monoisotopic (exact) mass is 261 g/mol. The number of halogens is 3. The van der Waals surface area contributed by atoms with Gasteiger partial charge in [-0.05, 0) is 37.5 Å². The molecule has 0 radical (unpaired) electrons. The molecule has 0 amide bonds. The molecule has 5 heteroatoms. The maximum atomic E-state index is 12.0. The number of nitrogens with two attached hydrogens (primary N) is 1. The summed E-state index contributed by atoms with van der Waals surface area (Å²) in [7, 11) is 0. The van der Waals surface area contributed by atoms with Crippen molar-refractivity contribution >= 4 is 0 Å². The van der Waals surface area contributed by atoms with Crippen LogP contribution in [-0.2, 0) is 0 Å². The lowest BCUT2D eigenvalue weighted by atomic mass is 10.0. The number of ether oxygens (including phenoxy) is 1. The first-order chi connectivity index (χ1) is 8.42. The van der Waals surface area contributed by atoms with Crippen molar-refractivity contribution in [2.24, 2.45) is 5.73 Å². The van der Waals surface area contributed by atoms with Crippen LogP contribution in [0.25, 0.3) is 0 Å². The van der Waals surface area contributed by atoms with Gasteiger partial charge in [0.15, 0.2) is 0 Å². The molecule has 1 unspecified atom stereocenters. The Bertz CT molecular complexity index is 348. The summed E-state index contributed by atoms with van der Waals surface area (Å²) in [4.78, 5) is 0. The summed E-state index contributed by atoms with van der Waals surface area (Å²) in [6, 6.07) is 6.79. The molecule has 0 saturated carbocycles. The number of rotatable bonds is 6. The van der Waals surface area contributed by atoms with E-state index in [0.29, 0.717) is 13.0 Å². The third-order valence-corrected chi connectivity index (χ3v) is 2.59. The van der Waals surface area contributed by atoms with Gasteiger partial charge in [0.2, 0.25) is 0 Å². The molecule has 1 rings (SSSR count). The molecular formula is C13H18F3NO. The first-order valence-corrected chi connectivity index (χ1v) is 5.97. The van der Waals surface area contributed by atoms with Crippen molar-refractivity contribution in [1.82, 2.24) is 0 Å². The molecule has 0 aliphatic carbocycles. The topological polar surface area (TPSA) is 35.2 Å². The molecule has 0 aromatic heterocycles. The van der Waals surface area contributed by atoms with Crippen LogP contribution in [0.1, 0.15) is 37.8 Å². The van der Waals surface area contributed by atoms with E-state index in [2.05, 4.69) is 0 Å². The molecule has 0 aliphatic rings. The van der Waals surface area contributed by atoms with Crippen LogP contribution in [0, 0.1) is 0 Å². The van der Waals surface area contributed by atoms with E-state index in [1.54, 1.807) is 24.3 Å². The first-order valence-electron chi connectivity index (χ1n) is 5.97. The number of hydrogen-bond acceptors (Lipinski definition) is 2. The predicted molar refractivity (Wildman–Crippen MR) is 64.4 cm³/mol. The van der Waals surface area contributed by atoms with Gasteiger partial charge in [-0.25, -0.2) is 0 Å². The van der Waals surface area contributed by atoms with Gasteiger partial charge in [-0.3, -0.25) is 0 Å². The van der Waals surface area contributed by atoms with Gasteiger partial charge in [0.25, 0.3) is 0 Å². The molecule has 0 aliphatic heterocycles. The van der Waals surface area contributed by atoms with E-state index in [1.807, 2.05) is 6.92 Å². The van der Waals surface area contributed by atoms with Gasteiger partial charge >= 0.3 is 6.18 Å². The molecule has 18 heavy (non-hydrogen) atoms. The van der Waals surface area contributed by atoms with Crippen molar-refractivity contribution in [2.45, 2.75) is 38.4 Å². The van der Waals surface area contributed by atoms with Crippen LogP contribution in [0.3, 0.4) is 0 Å². The van der Waals surface area contributed by atoms with E-state index in [4.69, 9.17) is 10.5 Å². The van der Waals surface area contributed by atoms with Gasteiger partial charge in [0.1, 0.15) is 5.75 Å². The summed E-state index contributed by atoms with van der Waals surface area (Å²) in [5, 5.41) is 0. The quantitative estimate of drug-likeness (QED) is 0.845. The third kappa shape index (κ3) is 5.40. The van der Waals surface area contributed by atoms with Gasteiger partial charge < -0.3 is 10.5 Å². The zero-order valence-corrected chi connectivity index (χ0v) is 10.3. The predicted octanol–water partition coefficient (Wildman–Crippen LogP) is 3.82. The molecule has 0 heterocycles. The molecule has 0 saturated heterocycles. The Hall–Kier alpha value is -1.23. The summed E-state index contributed by atoms with van der Waals surface area (Å²) in [5.74, 6) is 0.740. The van der Waals surface area contributed by atoms with Crippen LogP contribution < -0.4 is 10.5 Å². The minimum atomic E-state index is -4.10. The zero-order chi connectivity index (χ0) is 13.6. The van der Waals surface area contributed by atoms with Crippen LogP contribution in [0.4, 0.5) is 13.2 Å². The van der Waals surface area contributed by atoms with E-state index < -0.39 is 12.6 Å². The van der Waals surface area contributed by atoms with Crippen molar-refractivity contribution in [2.75, 3.05) is 6.61 Å². The molecule has 1 aromatic carbocycles. The highest BCUT2D eigenvalue weighted by molar-refractivity contribution is 5.28. The average molecular weight is 261 g/mol. The summed E-state index contributed by atoms with van der Waals surface area (Å²) in [6.45, 7) is 2.47. The summed E-state index contributed by atoms with van der Waals surface area (Å²) in [6.07, 6.45) is -4.50. The Morgan fingerprint density at radius 3 is 2.33 bits per heavy atom. The largest absolute Gasteiger partial charge is 0.494 e. The fourth-order valence-electron chi connectivity index (χ4n) is 1.67. The van der Waals surface area contributed by atoms with Gasteiger partial charge in [-0.2, -0.15) is 13.2 Å². The maximum Gasteiger partial charge on any atom is 0.389 e. The van der Waals surface area contributed by atoms with Crippen LogP contribution >= 0.6 is 0 Å². The fraction of sp³-hybridized carbons (Fsp3) is 0.538. The summed E-state index contributed by atoms with van der Waals surface area (Å²) in [5.41, 5.74) is 6.67. The maximum absolute atomic E-state index is 12.0. The summed E-state index contributed by atoms with van der Waals surface area (Å²) >= 11 is 0. The molecule has 1 aromatic rings. The Balaban J connectivity index is 2.43. The minimum absolute atomic E-state index is 0.0535. The van der Waals surface area contributed by atoms with Crippen LogP contribution in [-0.4, -0.2) is 12.8 Å². The summed E-state index contributed by atoms with van der Waals surface area (Å²) < 4.78 is 41.2. The van der Waals surface area contributed by atoms with E-state index in [-0.39, 0.29) is 12.5 Å². The first kappa shape index (κ1) is 14.8. The van der Waals surface area contributed by atoms with E-state index >= 15 is 0 Å². The number of hydrogen-bond donors (Lipinski definition) is 1. The molecule has 1 atom stereocenters. The highest BCUT2D eigenvalue weighted by atomic mass is 19.4. The van der Waals surface area contributed by atoms with E-state index in [1.165, 1.54) is 0 Å². The van der Waals surface area contributed by atoms with Crippen molar-refractivity contribution in [3.8, 4) is 5.75 Å². The SMILES string of the molecule is CCOc1ccc(C(N)CCCC(F)(F)F)cc1. The van der Waals surface area contributed by atoms with Crippen LogP contribution in [0.2, 0.25) is 0 Å². The molecule has 102 valence electrons. The molecule has 0 spiro atoms. The molecule has 2 N–H and O–H groups in total. The lowest BCUT2D eigenvalue weighted by Crippen LogP contribution is -2.13. The molecular weight excluding hydrogens is 243 g/mol. The second-order valence-corrected chi connectivity index (χ2v) is 4.12. The second kappa shape index (κ2) is 6.64. The lowest BCUT2D eigenvalue weighted by Gasteiger charge is -2.13. The fourth-order valence-corrected chi connectivity index (χ4v) is 1.67. The zero-order valence-electron chi connectivity index (χ0n) is 10.3. The van der Waals surface area contributed by atoms with Crippen molar-refractivity contribution in [3.63, 3.8) is 0 Å². The average Bonchev–Trinajstić information content (AvgIpc) is 2.28. The second-order valence-electron chi connectivity index (χ2n) is 4.12. The van der Waals surface area contributed by atoms with Gasteiger partial charge in [0.05, 0.1) is 6.61 Å². The molecule has 0 fully saturated rings. The van der Waals surface area contributed by atoms with Crippen molar-refractivity contribution in [1.29, 1.82) is 0 Å². The van der Waals surface area contributed by atoms with Gasteiger partial charge in [0, 0.05) is 12.5 Å². The van der Waals surface area contributed by atoms with E-state index in [9.17, 15) is 13.2 Å². The van der Waals surface area contributed by atoms with E-state index in [0.717, 1.165) is 11.3 Å². The Morgan fingerprint density at radius 2 is 1.83 bits per heavy atom. The normalized spacial score (nSPS) is 13.4.